The van der Waals surface area contributed by atoms with Gasteiger partial charge in [0.05, 0.1) is 0 Å². The summed E-state index contributed by atoms with van der Waals surface area (Å²) in [5.74, 6) is 2.09. The van der Waals surface area contributed by atoms with Gasteiger partial charge in [0.2, 0.25) is 5.91 Å². The summed E-state index contributed by atoms with van der Waals surface area (Å²) in [5.41, 5.74) is 1.17. The second-order valence-corrected chi connectivity index (χ2v) is 8.27. The highest BCUT2D eigenvalue weighted by Crippen LogP contribution is 2.18. The van der Waals surface area contributed by atoms with Crippen LogP contribution in [0, 0.1) is 5.92 Å². The lowest BCUT2D eigenvalue weighted by Crippen LogP contribution is -2.46. The van der Waals surface area contributed by atoms with Gasteiger partial charge in [0, 0.05) is 76.6 Å². The number of hydrogen-bond acceptors (Lipinski definition) is 5. The van der Waals surface area contributed by atoms with Crippen LogP contribution in [0.4, 0.5) is 5.82 Å². The highest BCUT2D eigenvalue weighted by Gasteiger charge is 2.28. The predicted octanol–water partition coefficient (Wildman–Crippen LogP) is 0.755. The minimum absolute atomic E-state index is 0.0461. The molecular weight excluding hydrogens is 366 g/mol. The van der Waals surface area contributed by atoms with Gasteiger partial charge in [-0.2, -0.15) is 0 Å². The monoisotopic (exact) mass is 401 g/mol. The Hall–Kier alpha value is -2.35. The van der Waals surface area contributed by atoms with Gasteiger partial charge in [-0.3, -0.25) is 9.79 Å². The molecule has 0 aromatic carbocycles. The molecule has 2 saturated heterocycles. The number of nitrogens with zero attached hydrogens (tertiary/aromatic N) is 5. The van der Waals surface area contributed by atoms with Crippen molar-refractivity contribution in [2.75, 3.05) is 58.3 Å². The number of anilines is 1. The fourth-order valence-corrected chi connectivity index (χ4v) is 3.88. The van der Waals surface area contributed by atoms with Crippen LogP contribution >= 0.6 is 0 Å². The molecule has 3 heterocycles. The summed E-state index contributed by atoms with van der Waals surface area (Å²) in [6, 6.07) is 4.34. The average molecular weight is 402 g/mol. The van der Waals surface area contributed by atoms with Crippen LogP contribution in [0.25, 0.3) is 0 Å². The number of hydrogen-bond donors (Lipinski definition) is 2. The molecule has 0 saturated carbocycles. The predicted molar refractivity (Wildman–Crippen MR) is 117 cm³/mol. The zero-order valence-corrected chi connectivity index (χ0v) is 18.2. The molecule has 1 aromatic rings. The van der Waals surface area contributed by atoms with Crippen molar-refractivity contribution in [1.82, 2.24) is 25.4 Å². The van der Waals surface area contributed by atoms with Crippen molar-refractivity contribution < 1.29 is 4.79 Å². The number of piperazine rings is 1. The van der Waals surface area contributed by atoms with E-state index in [2.05, 4.69) is 43.5 Å². The molecule has 1 aromatic heterocycles. The Morgan fingerprint density at radius 3 is 2.72 bits per heavy atom. The molecule has 1 unspecified atom stereocenters. The van der Waals surface area contributed by atoms with Crippen LogP contribution in [0.15, 0.2) is 23.3 Å². The van der Waals surface area contributed by atoms with Gasteiger partial charge in [-0.15, -0.1) is 0 Å². The third-order valence-corrected chi connectivity index (χ3v) is 5.67. The fourth-order valence-electron chi connectivity index (χ4n) is 3.88. The van der Waals surface area contributed by atoms with E-state index in [0.717, 1.165) is 57.5 Å². The topological polar surface area (TPSA) is 76.1 Å². The average Bonchev–Trinajstić information content (AvgIpc) is 3.19. The Balaban J connectivity index is 1.55. The van der Waals surface area contributed by atoms with Crippen molar-refractivity contribution in [3.05, 3.63) is 23.9 Å². The van der Waals surface area contributed by atoms with E-state index < -0.39 is 0 Å². The minimum Gasteiger partial charge on any atom is -0.354 e. The molecular formula is C21H35N7O. The largest absolute Gasteiger partial charge is 0.354 e. The lowest BCUT2D eigenvalue weighted by molar-refractivity contribution is -0.133. The molecule has 2 fully saturated rings. The van der Waals surface area contributed by atoms with E-state index in [-0.39, 0.29) is 17.9 Å². The summed E-state index contributed by atoms with van der Waals surface area (Å²) in [6.45, 7) is 10.2. The van der Waals surface area contributed by atoms with Crippen LogP contribution in [0.5, 0.6) is 0 Å². The van der Waals surface area contributed by atoms with Crippen molar-refractivity contribution >= 4 is 17.7 Å². The van der Waals surface area contributed by atoms with Crippen LogP contribution in [0.3, 0.4) is 0 Å². The molecule has 1 atom stereocenters. The zero-order valence-electron chi connectivity index (χ0n) is 18.2. The van der Waals surface area contributed by atoms with Crippen LogP contribution in [-0.2, 0) is 11.3 Å². The molecule has 0 bridgehead atoms. The van der Waals surface area contributed by atoms with E-state index in [1.165, 1.54) is 5.56 Å². The van der Waals surface area contributed by atoms with E-state index in [1.807, 2.05) is 31.0 Å². The number of rotatable bonds is 5. The first kappa shape index (κ1) is 21.4. The maximum Gasteiger partial charge on any atom is 0.225 e. The standard InChI is InChI=1S/C21H35N7O/c1-16(2)20(29)28-9-7-18(15-28)25-21(22-3)24-14-17-6-5-8-23-19(17)27-12-10-26(4)11-13-27/h5-6,8,16,18H,7,9-15H2,1-4H3,(H2,22,24,25). The highest BCUT2D eigenvalue weighted by molar-refractivity contribution is 5.81. The summed E-state index contributed by atoms with van der Waals surface area (Å²) in [4.78, 5) is 27.9. The zero-order chi connectivity index (χ0) is 20.8. The van der Waals surface area contributed by atoms with E-state index in [9.17, 15) is 4.79 Å². The second-order valence-electron chi connectivity index (χ2n) is 8.27. The first-order chi connectivity index (χ1) is 14.0. The number of aliphatic imine (C=N–C) groups is 1. The molecule has 0 aliphatic carbocycles. The summed E-state index contributed by atoms with van der Waals surface area (Å²) in [6.07, 6.45) is 2.81. The maximum absolute atomic E-state index is 12.2. The van der Waals surface area contributed by atoms with Crippen molar-refractivity contribution in [2.45, 2.75) is 32.9 Å². The van der Waals surface area contributed by atoms with Gasteiger partial charge < -0.3 is 25.3 Å². The third kappa shape index (κ3) is 5.59. The smallest absolute Gasteiger partial charge is 0.225 e. The summed E-state index contributed by atoms with van der Waals surface area (Å²) >= 11 is 0. The Morgan fingerprint density at radius 1 is 1.28 bits per heavy atom. The number of amides is 1. The second kappa shape index (κ2) is 9.91. The van der Waals surface area contributed by atoms with Gasteiger partial charge in [0.15, 0.2) is 5.96 Å². The Kier molecular flexibility index (Phi) is 7.30. The van der Waals surface area contributed by atoms with Crippen LogP contribution in [0.2, 0.25) is 0 Å². The van der Waals surface area contributed by atoms with Crippen molar-refractivity contribution in [3.63, 3.8) is 0 Å². The molecule has 29 heavy (non-hydrogen) atoms. The number of pyridine rings is 1. The lowest BCUT2D eigenvalue weighted by atomic mass is 10.2. The summed E-state index contributed by atoms with van der Waals surface area (Å²) in [5, 5.41) is 6.89. The number of guanidine groups is 1. The first-order valence-electron chi connectivity index (χ1n) is 10.6. The maximum atomic E-state index is 12.2. The molecule has 3 rings (SSSR count). The normalized spacial score (nSPS) is 21.0. The van der Waals surface area contributed by atoms with Gasteiger partial charge in [0.25, 0.3) is 0 Å². The summed E-state index contributed by atoms with van der Waals surface area (Å²) < 4.78 is 0. The van der Waals surface area contributed by atoms with Crippen molar-refractivity contribution in [1.29, 1.82) is 0 Å². The van der Waals surface area contributed by atoms with Gasteiger partial charge in [-0.1, -0.05) is 19.9 Å². The number of likely N-dealkylation sites (N-methyl/N-ethyl adjacent to an activating group) is 1. The first-order valence-corrected chi connectivity index (χ1v) is 10.6. The summed E-state index contributed by atoms with van der Waals surface area (Å²) in [7, 11) is 3.94. The quantitative estimate of drug-likeness (QED) is 0.560. The molecule has 1 amide bonds. The number of nitrogens with one attached hydrogen (secondary N) is 2. The molecule has 0 spiro atoms. The Morgan fingerprint density at radius 2 is 2.03 bits per heavy atom. The Bertz CT molecular complexity index is 713. The molecule has 2 N–H and O–H groups in total. The van der Waals surface area contributed by atoms with Crippen molar-refractivity contribution in [3.8, 4) is 0 Å². The van der Waals surface area contributed by atoms with Gasteiger partial charge in [-0.05, 0) is 19.5 Å². The van der Waals surface area contributed by atoms with Gasteiger partial charge in [-0.25, -0.2) is 4.98 Å². The number of likely N-dealkylation sites (tertiary alicyclic amines) is 1. The van der Waals surface area contributed by atoms with E-state index in [0.29, 0.717) is 6.54 Å². The molecule has 0 radical (unpaired) electrons. The highest BCUT2D eigenvalue weighted by atomic mass is 16.2. The fraction of sp³-hybridized carbons (Fsp3) is 0.667. The van der Waals surface area contributed by atoms with E-state index in [4.69, 9.17) is 0 Å². The number of carbonyl (C=O) groups excluding carboxylic acids is 1. The molecule has 8 nitrogen and oxygen atoms in total. The van der Waals surface area contributed by atoms with Crippen LogP contribution < -0.4 is 15.5 Å². The SMILES string of the molecule is CN=C(NCc1cccnc1N1CCN(C)CC1)NC1CCN(C(=O)C(C)C)C1. The lowest BCUT2D eigenvalue weighted by Gasteiger charge is -2.34. The Labute approximate surface area is 174 Å². The van der Waals surface area contributed by atoms with Crippen molar-refractivity contribution in [2.24, 2.45) is 10.9 Å². The number of aromatic nitrogens is 1. The van der Waals surface area contributed by atoms with Gasteiger partial charge >= 0.3 is 0 Å². The molecule has 2 aliphatic heterocycles. The molecule has 2 aliphatic rings. The van der Waals surface area contributed by atoms with Gasteiger partial charge in [0.1, 0.15) is 5.82 Å². The number of carbonyl (C=O) groups is 1. The minimum atomic E-state index is 0.0461. The third-order valence-electron chi connectivity index (χ3n) is 5.67. The van der Waals surface area contributed by atoms with Crippen LogP contribution in [-0.4, -0.2) is 86.1 Å². The van der Waals surface area contributed by atoms with Crippen LogP contribution in [0.1, 0.15) is 25.8 Å². The van der Waals surface area contributed by atoms with E-state index >= 15 is 0 Å². The molecule has 8 heteroatoms. The van der Waals surface area contributed by atoms with E-state index in [1.54, 1.807) is 7.05 Å². The molecule has 160 valence electrons.